The highest BCUT2D eigenvalue weighted by molar-refractivity contribution is 5.74. The van der Waals surface area contributed by atoms with Crippen molar-refractivity contribution in [3.8, 4) is 0 Å². The van der Waals surface area contributed by atoms with E-state index in [-0.39, 0.29) is 6.04 Å². The van der Waals surface area contributed by atoms with Crippen molar-refractivity contribution in [3.05, 3.63) is 34.4 Å². The summed E-state index contributed by atoms with van der Waals surface area (Å²) in [5.41, 5.74) is 10.8. The Morgan fingerprint density at radius 3 is 2.47 bits per heavy atom. The van der Waals surface area contributed by atoms with Gasteiger partial charge < -0.3 is 10.8 Å². The van der Waals surface area contributed by atoms with E-state index in [0.717, 1.165) is 0 Å². The molecule has 2 unspecified atom stereocenters. The van der Waals surface area contributed by atoms with Crippen molar-refractivity contribution in [2.75, 3.05) is 6.54 Å². The number of nitrogens with zero attached hydrogens (tertiary/aromatic N) is 1. The Hall–Kier alpha value is -1.39. The van der Waals surface area contributed by atoms with Gasteiger partial charge in [-0.1, -0.05) is 17.7 Å². The van der Waals surface area contributed by atoms with Gasteiger partial charge in [0, 0.05) is 19.1 Å². The van der Waals surface area contributed by atoms with Gasteiger partial charge in [-0.15, -0.1) is 0 Å². The summed E-state index contributed by atoms with van der Waals surface area (Å²) in [6, 6.07) is 3.81. The average Bonchev–Trinajstić information content (AvgIpc) is 2.65. The minimum Gasteiger partial charge on any atom is -0.480 e. The van der Waals surface area contributed by atoms with Gasteiger partial charge in [-0.3, -0.25) is 9.69 Å². The van der Waals surface area contributed by atoms with Crippen LogP contribution in [0.25, 0.3) is 0 Å². The maximum absolute atomic E-state index is 11.3. The lowest BCUT2D eigenvalue weighted by Gasteiger charge is -2.23. The summed E-state index contributed by atoms with van der Waals surface area (Å²) in [5, 5.41) is 9.26. The number of nitrogens with two attached hydrogens (primary N) is 1. The van der Waals surface area contributed by atoms with Crippen molar-refractivity contribution < 1.29 is 9.90 Å². The Balaban J connectivity index is 2.23. The predicted molar refractivity (Wildman–Crippen MR) is 75.1 cm³/mol. The summed E-state index contributed by atoms with van der Waals surface area (Å²) in [6.07, 6.45) is 0.541. The molecule has 0 bridgehead atoms. The molecule has 1 aliphatic rings. The van der Waals surface area contributed by atoms with Gasteiger partial charge in [0.05, 0.1) is 0 Å². The summed E-state index contributed by atoms with van der Waals surface area (Å²) >= 11 is 0. The molecular weight excluding hydrogens is 240 g/mol. The van der Waals surface area contributed by atoms with Crippen LogP contribution in [-0.2, 0) is 11.3 Å². The van der Waals surface area contributed by atoms with Gasteiger partial charge in [-0.25, -0.2) is 0 Å². The van der Waals surface area contributed by atoms with Crippen molar-refractivity contribution in [2.45, 2.75) is 45.8 Å². The fourth-order valence-corrected chi connectivity index (χ4v) is 3.03. The molecule has 1 fully saturated rings. The Kier molecular flexibility index (Phi) is 3.92. The lowest BCUT2D eigenvalue weighted by atomic mass is 9.99. The quantitative estimate of drug-likeness (QED) is 0.868. The van der Waals surface area contributed by atoms with Crippen molar-refractivity contribution in [3.63, 3.8) is 0 Å². The third kappa shape index (κ3) is 2.96. The fraction of sp³-hybridized carbons (Fsp3) is 0.533. The SMILES string of the molecule is Cc1cc(C)c(CN2CC(N)CC2C(=O)O)c(C)c1. The molecule has 0 saturated carbocycles. The number of benzene rings is 1. The number of aryl methyl sites for hydroxylation is 3. The number of carboxylic acids is 1. The summed E-state index contributed by atoms with van der Waals surface area (Å²) < 4.78 is 0. The topological polar surface area (TPSA) is 66.6 Å². The van der Waals surface area contributed by atoms with Crippen LogP contribution in [0.2, 0.25) is 0 Å². The smallest absolute Gasteiger partial charge is 0.320 e. The molecule has 1 aromatic carbocycles. The summed E-state index contributed by atoms with van der Waals surface area (Å²) in [5.74, 6) is -0.768. The third-order valence-electron chi connectivity index (χ3n) is 3.92. The summed E-state index contributed by atoms with van der Waals surface area (Å²) in [4.78, 5) is 13.3. The molecule has 1 aliphatic heterocycles. The van der Waals surface area contributed by atoms with Crippen LogP contribution in [0.15, 0.2) is 12.1 Å². The zero-order valence-electron chi connectivity index (χ0n) is 11.8. The number of carbonyl (C=O) groups is 1. The maximum Gasteiger partial charge on any atom is 0.320 e. The van der Waals surface area contributed by atoms with Crippen LogP contribution in [0, 0.1) is 20.8 Å². The van der Waals surface area contributed by atoms with E-state index in [0.29, 0.717) is 19.5 Å². The highest BCUT2D eigenvalue weighted by Crippen LogP contribution is 2.24. The van der Waals surface area contributed by atoms with Gasteiger partial charge in [-0.2, -0.15) is 0 Å². The van der Waals surface area contributed by atoms with E-state index in [1.165, 1.54) is 22.3 Å². The first kappa shape index (κ1) is 14.0. The number of hydrogen-bond acceptors (Lipinski definition) is 3. The van der Waals surface area contributed by atoms with Gasteiger partial charge in [0.15, 0.2) is 0 Å². The minimum absolute atomic E-state index is 0.0350. The molecule has 0 amide bonds. The first-order chi connectivity index (χ1) is 8.88. The lowest BCUT2D eigenvalue weighted by Crippen LogP contribution is -2.36. The van der Waals surface area contributed by atoms with Crippen molar-refractivity contribution >= 4 is 5.97 Å². The van der Waals surface area contributed by atoms with E-state index in [9.17, 15) is 9.90 Å². The molecule has 0 radical (unpaired) electrons. The van der Waals surface area contributed by atoms with E-state index in [1.54, 1.807) is 0 Å². The second kappa shape index (κ2) is 5.31. The molecule has 4 nitrogen and oxygen atoms in total. The second-order valence-corrected chi connectivity index (χ2v) is 5.66. The van der Waals surface area contributed by atoms with Crippen LogP contribution < -0.4 is 5.73 Å². The van der Waals surface area contributed by atoms with Gasteiger partial charge in [0.1, 0.15) is 6.04 Å². The molecule has 19 heavy (non-hydrogen) atoms. The molecular formula is C15H22N2O2. The highest BCUT2D eigenvalue weighted by Gasteiger charge is 2.35. The van der Waals surface area contributed by atoms with Gasteiger partial charge in [-0.05, 0) is 43.9 Å². The van der Waals surface area contributed by atoms with Crippen LogP contribution in [-0.4, -0.2) is 34.6 Å². The van der Waals surface area contributed by atoms with Crippen LogP contribution in [0.5, 0.6) is 0 Å². The highest BCUT2D eigenvalue weighted by atomic mass is 16.4. The van der Waals surface area contributed by atoms with Crippen molar-refractivity contribution in [1.29, 1.82) is 0 Å². The molecule has 1 heterocycles. The fourth-order valence-electron chi connectivity index (χ4n) is 3.03. The second-order valence-electron chi connectivity index (χ2n) is 5.66. The zero-order valence-corrected chi connectivity index (χ0v) is 11.8. The lowest BCUT2D eigenvalue weighted by molar-refractivity contribution is -0.142. The number of likely N-dealkylation sites (tertiary alicyclic amines) is 1. The Morgan fingerprint density at radius 1 is 1.37 bits per heavy atom. The van der Waals surface area contributed by atoms with E-state index < -0.39 is 12.0 Å². The predicted octanol–water partition coefficient (Wildman–Crippen LogP) is 1.60. The molecule has 4 heteroatoms. The van der Waals surface area contributed by atoms with Crippen LogP contribution in [0.1, 0.15) is 28.7 Å². The van der Waals surface area contributed by atoms with Crippen molar-refractivity contribution in [1.82, 2.24) is 4.90 Å². The van der Waals surface area contributed by atoms with Crippen LogP contribution in [0.3, 0.4) is 0 Å². The molecule has 1 saturated heterocycles. The van der Waals surface area contributed by atoms with E-state index in [4.69, 9.17) is 5.73 Å². The monoisotopic (exact) mass is 262 g/mol. The number of rotatable bonds is 3. The van der Waals surface area contributed by atoms with E-state index in [2.05, 4.69) is 32.9 Å². The molecule has 0 aliphatic carbocycles. The largest absolute Gasteiger partial charge is 0.480 e. The van der Waals surface area contributed by atoms with Gasteiger partial charge >= 0.3 is 5.97 Å². The number of carboxylic acid groups (broad SMARTS) is 1. The maximum atomic E-state index is 11.3. The molecule has 1 aromatic rings. The number of hydrogen-bond donors (Lipinski definition) is 2. The van der Waals surface area contributed by atoms with Gasteiger partial charge in [0.25, 0.3) is 0 Å². The molecule has 2 atom stereocenters. The molecule has 0 spiro atoms. The standard InChI is InChI=1S/C15H22N2O2/c1-9-4-10(2)13(11(3)5-9)8-17-7-12(16)6-14(17)15(18)19/h4-5,12,14H,6-8,16H2,1-3H3,(H,18,19). The minimum atomic E-state index is -0.768. The van der Waals surface area contributed by atoms with Crippen LogP contribution in [0.4, 0.5) is 0 Å². The Bertz CT molecular complexity index is 476. The van der Waals surface area contributed by atoms with E-state index >= 15 is 0 Å². The zero-order chi connectivity index (χ0) is 14.2. The molecule has 0 aromatic heterocycles. The molecule has 2 rings (SSSR count). The van der Waals surface area contributed by atoms with Crippen molar-refractivity contribution in [2.24, 2.45) is 5.73 Å². The normalized spacial score (nSPS) is 23.8. The van der Waals surface area contributed by atoms with Crippen LogP contribution >= 0.6 is 0 Å². The molecule has 3 N–H and O–H groups in total. The first-order valence-electron chi connectivity index (χ1n) is 6.67. The Morgan fingerprint density at radius 2 is 1.95 bits per heavy atom. The number of aliphatic carboxylic acids is 1. The first-order valence-corrected chi connectivity index (χ1v) is 6.67. The molecule has 104 valence electrons. The average molecular weight is 262 g/mol. The van der Waals surface area contributed by atoms with Gasteiger partial charge in [0.2, 0.25) is 0 Å². The van der Waals surface area contributed by atoms with E-state index in [1.807, 2.05) is 4.90 Å². The Labute approximate surface area is 114 Å². The third-order valence-corrected chi connectivity index (χ3v) is 3.92. The summed E-state index contributed by atoms with van der Waals surface area (Å²) in [7, 11) is 0. The summed E-state index contributed by atoms with van der Waals surface area (Å²) in [6.45, 7) is 7.57.